The summed E-state index contributed by atoms with van der Waals surface area (Å²) in [6, 6.07) is 11.4. The van der Waals surface area contributed by atoms with Gasteiger partial charge < -0.3 is 15.2 Å². The van der Waals surface area contributed by atoms with Crippen LogP contribution in [0.25, 0.3) is 0 Å². The lowest BCUT2D eigenvalue weighted by Crippen LogP contribution is -2.24. The normalized spacial score (nSPS) is 10.3. The van der Waals surface area contributed by atoms with E-state index in [1.807, 2.05) is 30.3 Å². The van der Waals surface area contributed by atoms with E-state index in [2.05, 4.69) is 25.8 Å². The first-order chi connectivity index (χ1) is 11.2. The molecule has 116 valence electrons. The SMILES string of the molecule is Cc1cc(Nc2cnc(C(=O)NCc3ccccc3)cn2)no1. The lowest BCUT2D eigenvalue weighted by molar-refractivity contribution is 0.0945. The van der Waals surface area contributed by atoms with Gasteiger partial charge in [0.2, 0.25) is 0 Å². The zero-order chi connectivity index (χ0) is 16.1. The van der Waals surface area contributed by atoms with Gasteiger partial charge in [-0.25, -0.2) is 9.97 Å². The molecule has 0 saturated carbocycles. The van der Waals surface area contributed by atoms with Crippen molar-refractivity contribution >= 4 is 17.5 Å². The predicted octanol–water partition coefficient (Wildman–Crippen LogP) is 2.45. The van der Waals surface area contributed by atoms with E-state index >= 15 is 0 Å². The number of hydrogen-bond donors (Lipinski definition) is 2. The van der Waals surface area contributed by atoms with Crippen molar-refractivity contribution in [2.45, 2.75) is 13.5 Å². The van der Waals surface area contributed by atoms with Crippen LogP contribution in [-0.2, 0) is 6.54 Å². The van der Waals surface area contributed by atoms with Crippen LogP contribution in [0.5, 0.6) is 0 Å². The number of carbonyl (C=O) groups excluding carboxylic acids is 1. The van der Waals surface area contributed by atoms with Gasteiger partial charge in [-0.05, 0) is 12.5 Å². The molecule has 2 N–H and O–H groups in total. The Hall–Kier alpha value is -3.22. The first-order valence-corrected chi connectivity index (χ1v) is 7.05. The summed E-state index contributed by atoms with van der Waals surface area (Å²) in [5.74, 6) is 1.44. The van der Waals surface area contributed by atoms with Gasteiger partial charge in [-0.15, -0.1) is 0 Å². The van der Waals surface area contributed by atoms with Crippen LogP contribution in [0.3, 0.4) is 0 Å². The molecular formula is C16H15N5O2. The van der Waals surface area contributed by atoms with E-state index in [4.69, 9.17) is 4.52 Å². The number of nitrogens with one attached hydrogen (secondary N) is 2. The molecule has 0 unspecified atom stereocenters. The van der Waals surface area contributed by atoms with Crippen LogP contribution in [0.15, 0.2) is 53.3 Å². The maximum Gasteiger partial charge on any atom is 0.271 e. The Morgan fingerprint density at radius 3 is 2.61 bits per heavy atom. The minimum absolute atomic E-state index is 0.253. The summed E-state index contributed by atoms with van der Waals surface area (Å²) in [5.41, 5.74) is 1.27. The summed E-state index contributed by atoms with van der Waals surface area (Å²) in [6.07, 6.45) is 2.89. The molecule has 0 aliphatic heterocycles. The molecule has 0 radical (unpaired) electrons. The molecule has 3 rings (SSSR count). The van der Waals surface area contributed by atoms with E-state index in [0.717, 1.165) is 5.56 Å². The fourth-order valence-electron chi connectivity index (χ4n) is 1.94. The average molecular weight is 309 g/mol. The van der Waals surface area contributed by atoms with E-state index in [1.165, 1.54) is 12.4 Å². The number of nitrogens with zero attached hydrogens (tertiary/aromatic N) is 3. The summed E-state index contributed by atoms with van der Waals surface area (Å²) in [6.45, 7) is 2.24. The summed E-state index contributed by atoms with van der Waals surface area (Å²) in [4.78, 5) is 20.3. The lowest BCUT2D eigenvalue weighted by atomic mass is 10.2. The Bertz CT molecular complexity index is 784. The maximum atomic E-state index is 12.0. The zero-order valence-corrected chi connectivity index (χ0v) is 12.5. The van der Waals surface area contributed by atoms with Crippen LogP contribution >= 0.6 is 0 Å². The second-order valence-electron chi connectivity index (χ2n) is 4.90. The standard InChI is InChI=1S/C16H15N5O2/c1-11-7-14(21-23-11)20-15-10-17-13(9-18-15)16(22)19-8-12-5-3-2-4-6-12/h2-7,9-10H,8H2,1H3,(H,19,22)(H,18,20,21). The fraction of sp³-hybridized carbons (Fsp3) is 0.125. The molecule has 23 heavy (non-hydrogen) atoms. The van der Waals surface area contributed by atoms with Gasteiger partial charge in [-0.3, -0.25) is 4.79 Å². The van der Waals surface area contributed by atoms with Crippen LogP contribution < -0.4 is 10.6 Å². The van der Waals surface area contributed by atoms with Crippen LogP contribution in [0.2, 0.25) is 0 Å². The lowest BCUT2D eigenvalue weighted by Gasteiger charge is -2.05. The van der Waals surface area contributed by atoms with Crippen molar-refractivity contribution in [3.63, 3.8) is 0 Å². The Kier molecular flexibility index (Phi) is 4.28. The smallest absolute Gasteiger partial charge is 0.271 e. The molecule has 0 saturated heterocycles. The van der Waals surface area contributed by atoms with Gasteiger partial charge in [0.25, 0.3) is 5.91 Å². The summed E-state index contributed by atoms with van der Waals surface area (Å²) in [7, 11) is 0. The Morgan fingerprint density at radius 1 is 1.13 bits per heavy atom. The fourth-order valence-corrected chi connectivity index (χ4v) is 1.94. The number of hydrogen-bond acceptors (Lipinski definition) is 6. The van der Waals surface area contributed by atoms with E-state index in [0.29, 0.717) is 23.9 Å². The molecule has 2 aromatic heterocycles. The molecular weight excluding hydrogens is 294 g/mol. The minimum Gasteiger partial charge on any atom is -0.360 e. The predicted molar refractivity (Wildman–Crippen MR) is 84.2 cm³/mol. The minimum atomic E-state index is -0.273. The van der Waals surface area contributed by atoms with Crippen LogP contribution in [0.1, 0.15) is 21.8 Å². The van der Waals surface area contributed by atoms with E-state index < -0.39 is 0 Å². The van der Waals surface area contributed by atoms with Gasteiger partial charge >= 0.3 is 0 Å². The van der Waals surface area contributed by atoms with Gasteiger partial charge in [0.15, 0.2) is 5.82 Å². The molecule has 0 aliphatic rings. The highest BCUT2D eigenvalue weighted by molar-refractivity contribution is 5.92. The molecule has 3 aromatic rings. The number of aryl methyl sites for hydroxylation is 1. The van der Waals surface area contributed by atoms with Gasteiger partial charge in [0.05, 0.1) is 12.4 Å². The summed E-state index contributed by atoms with van der Waals surface area (Å²) < 4.78 is 4.95. The first kappa shape index (κ1) is 14.7. The van der Waals surface area contributed by atoms with Crippen molar-refractivity contribution < 1.29 is 9.32 Å². The Balaban J connectivity index is 1.59. The van der Waals surface area contributed by atoms with Crippen LogP contribution in [-0.4, -0.2) is 21.0 Å². The first-order valence-electron chi connectivity index (χ1n) is 7.05. The highest BCUT2D eigenvalue weighted by Crippen LogP contribution is 2.13. The van der Waals surface area contributed by atoms with Gasteiger partial charge in [0, 0.05) is 12.6 Å². The van der Waals surface area contributed by atoms with Gasteiger partial charge in [-0.2, -0.15) is 0 Å². The van der Waals surface area contributed by atoms with Crippen molar-refractivity contribution in [3.05, 3.63) is 65.8 Å². The Labute approximate surface area is 132 Å². The molecule has 2 heterocycles. The third-order valence-corrected chi connectivity index (χ3v) is 3.06. The largest absolute Gasteiger partial charge is 0.360 e. The monoisotopic (exact) mass is 309 g/mol. The molecule has 1 amide bonds. The number of benzene rings is 1. The molecule has 0 aliphatic carbocycles. The van der Waals surface area contributed by atoms with Crippen molar-refractivity contribution in [2.75, 3.05) is 5.32 Å². The molecule has 1 aromatic carbocycles. The second kappa shape index (κ2) is 6.69. The average Bonchev–Trinajstić information content (AvgIpc) is 2.99. The molecule has 0 atom stereocenters. The highest BCUT2D eigenvalue weighted by atomic mass is 16.5. The molecule has 7 nitrogen and oxygen atoms in total. The third-order valence-electron chi connectivity index (χ3n) is 3.06. The quantitative estimate of drug-likeness (QED) is 0.752. The second-order valence-corrected chi connectivity index (χ2v) is 4.90. The van der Waals surface area contributed by atoms with Crippen molar-refractivity contribution in [2.24, 2.45) is 0 Å². The molecule has 7 heteroatoms. The summed E-state index contributed by atoms with van der Waals surface area (Å²) >= 11 is 0. The number of amides is 1. The number of aromatic nitrogens is 3. The number of rotatable bonds is 5. The highest BCUT2D eigenvalue weighted by Gasteiger charge is 2.08. The third kappa shape index (κ3) is 3.91. The van der Waals surface area contributed by atoms with Crippen LogP contribution in [0, 0.1) is 6.92 Å². The Morgan fingerprint density at radius 2 is 1.96 bits per heavy atom. The molecule has 0 spiro atoms. The van der Waals surface area contributed by atoms with Crippen molar-refractivity contribution in [3.8, 4) is 0 Å². The van der Waals surface area contributed by atoms with Crippen LogP contribution in [0.4, 0.5) is 11.6 Å². The van der Waals surface area contributed by atoms with E-state index in [1.54, 1.807) is 13.0 Å². The van der Waals surface area contributed by atoms with Gasteiger partial charge in [0.1, 0.15) is 17.3 Å². The molecule has 0 bridgehead atoms. The topological polar surface area (TPSA) is 92.9 Å². The van der Waals surface area contributed by atoms with E-state index in [-0.39, 0.29) is 11.6 Å². The molecule has 0 fully saturated rings. The van der Waals surface area contributed by atoms with Crippen molar-refractivity contribution in [1.82, 2.24) is 20.4 Å². The van der Waals surface area contributed by atoms with Gasteiger partial charge in [-0.1, -0.05) is 35.5 Å². The van der Waals surface area contributed by atoms with E-state index in [9.17, 15) is 4.79 Å². The van der Waals surface area contributed by atoms with Crippen molar-refractivity contribution in [1.29, 1.82) is 0 Å². The maximum absolute atomic E-state index is 12.0. The number of anilines is 2. The zero-order valence-electron chi connectivity index (χ0n) is 12.5. The number of carbonyl (C=O) groups is 1. The summed E-state index contributed by atoms with van der Waals surface area (Å²) in [5, 5.41) is 9.54.